The fourth-order valence-corrected chi connectivity index (χ4v) is 3.42. The van der Waals surface area contributed by atoms with Gasteiger partial charge >= 0.3 is 0 Å². The van der Waals surface area contributed by atoms with Crippen molar-refractivity contribution in [3.05, 3.63) is 58.6 Å². The first-order valence-corrected chi connectivity index (χ1v) is 6.78. The maximum absolute atomic E-state index is 10.3. The van der Waals surface area contributed by atoms with E-state index >= 15 is 0 Å². The molecule has 2 nitrogen and oxygen atoms in total. The molecule has 2 aromatic carbocycles. The maximum Gasteiger partial charge on any atom is 0.110 e. The number of hydrogen-bond acceptors (Lipinski definition) is 3. The van der Waals surface area contributed by atoms with Crippen LogP contribution < -0.4 is 0 Å². The fraction of sp³-hybridized carbons (Fsp3) is 0.143. The molecule has 0 bridgehead atoms. The van der Waals surface area contributed by atoms with Crippen molar-refractivity contribution < 1.29 is 10.2 Å². The second-order valence-electron chi connectivity index (χ2n) is 4.21. The predicted molar refractivity (Wildman–Crippen MR) is 71.9 cm³/mol. The Labute approximate surface area is 114 Å². The molecule has 1 heterocycles. The van der Waals surface area contributed by atoms with Crippen LogP contribution in [0.15, 0.2) is 52.3 Å². The minimum absolute atomic E-state index is 0.562. The third-order valence-corrected chi connectivity index (χ3v) is 4.47. The van der Waals surface area contributed by atoms with Crippen molar-refractivity contribution in [3.63, 3.8) is 0 Å². The summed E-state index contributed by atoms with van der Waals surface area (Å²) in [5, 5.41) is 21.1. The zero-order valence-corrected chi connectivity index (χ0v) is 10.9. The smallest absolute Gasteiger partial charge is 0.110 e. The lowest BCUT2D eigenvalue weighted by Crippen LogP contribution is -2.09. The molecular formula is C14H11ClO2S. The Morgan fingerprint density at radius 3 is 2.39 bits per heavy atom. The van der Waals surface area contributed by atoms with Gasteiger partial charge in [0.25, 0.3) is 0 Å². The van der Waals surface area contributed by atoms with E-state index in [1.54, 1.807) is 23.9 Å². The summed E-state index contributed by atoms with van der Waals surface area (Å²) in [6.45, 7) is 0. The number of halogens is 1. The van der Waals surface area contributed by atoms with Gasteiger partial charge in [-0.3, -0.25) is 0 Å². The summed E-state index contributed by atoms with van der Waals surface area (Å²) in [6.07, 6.45) is -1.87. The summed E-state index contributed by atoms with van der Waals surface area (Å²) >= 11 is 7.49. The van der Waals surface area contributed by atoms with Crippen molar-refractivity contribution in [2.24, 2.45) is 0 Å². The van der Waals surface area contributed by atoms with Gasteiger partial charge in [0, 0.05) is 14.8 Å². The second kappa shape index (κ2) is 4.59. The van der Waals surface area contributed by atoms with E-state index in [0.29, 0.717) is 10.6 Å². The standard InChI is InChI=1S/C14H11ClO2S/c15-8-5-6-12-10(7-8)14(17)13(16)9-3-1-2-4-11(9)18-12/h1-7,13-14,16-17H/t13-,14-/m0/s1. The summed E-state index contributed by atoms with van der Waals surface area (Å²) in [4.78, 5) is 1.89. The van der Waals surface area contributed by atoms with E-state index < -0.39 is 12.2 Å². The van der Waals surface area contributed by atoms with Gasteiger partial charge in [-0.15, -0.1) is 0 Å². The van der Waals surface area contributed by atoms with Gasteiger partial charge in [0.1, 0.15) is 12.2 Å². The molecule has 1 aliphatic rings. The largest absolute Gasteiger partial charge is 0.385 e. The van der Waals surface area contributed by atoms with Crippen molar-refractivity contribution >= 4 is 23.4 Å². The van der Waals surface area contributed by atoms with Crippen LogP contribution in [0.2, 0.25) is 5.02 Å². The molecule has 0 saturated heterocycles. The SMILES string of the molecule is O[C@H]1c2ccccc2Sc2ccc(Cl)cc2[C@@H]1O. The van der Waals surface area contributed by atoms with Gasteiger partial charge in [0.15, 0.2) is 0 Å². The Hall–Kier alpha value is -1.00. The second-order valence-corrected chi connectivity index (χ2v) is 5.73. The number of benzene rings is 2. The monoisotopic (exact) mass is 278 g/mol. The quantitative estimate of drug-likeness (QED) is 0.774. The minimum Gasteiger partial charge on any atom is -0.385 e. The van der Waals surface area contributed by atoms with Crippen molar-refractivity contribution in [1.82, 2.24) is 0 Å². The number of aliphatic hydroxyl groups is 2. The average molecular weight is 279 g/mol. The van der Waals surface area contributed by atoms with Crippen molar-refractivity contribution in [3.8, 4) is 0 Å². The van der Waals surface area contributed by atoms with Crippen LogP contribution >= 0.6 is 23.4 Å². The highest BCUT2D eigenvalue weighted by molar-refractivity contribution is 7.99. The van der Waals surface area contributed by atoms with Gasteiger partial charge in [0.2, 0.25) is 0 Å². The molecule has 0 aromatic heterocycles. The van der Waals surface area contributed by atoms with Gasteiger partial charge < -0.3 is 10.2 Å². The molecule has 2 aromatic rings. The van der Waals surface area contributed by atoms with E-state index in [-0.39, 0.29) is 0 Å². The fourth-order valence-electron chi connectivity index (χ4n) is 2.12. The molecule has 0 spiro atoms. The van der Waals surface area contributed by atoms with E-state index in [2.05, 4.69) is 0 Å². The Morgan fingerprint density at radius 2 is 1.56 bits per heavy atom. The molecule has 0 unspecified atom stereocenters. The molecule has 0 radical (unpaired) electrons. The highest BCUT2D eigenvalue weighted by atomic mass is 35.5. The Bertz CT molecular complexity index is 600. The summed E-state index contributed by atoms with van der Waals surface area (Å²) in [5.74, 6) is 0. The number of fused-ring (bicyclic) bond motifs is 2. The molecule has 0 fully saturated rings. The normalized spacial score (nSPS) is 21.9. The first kappa shape index (κ1) is 12.1. The Morgan fingerprint density at radius 1 is 0.889 bits per heavy atom. The molecule has 1 aliphatic heterocycles. The van der Waals surface area contributed by atoms with Crippen molar-refractivity contribution in [1.29, 1.82) is 0 Å². The lowest BCUT2D eigenvalue weighted by Gasteiger charge is -2.17. The van der Waals surface area contributed by atoms with Gasteiger partial charge in [0.05, 0.1) is 0 Å². The maximum atomic E-state index is 10.3. The van der Waals surface area contributed by atoms with Crippen LogP contribution in [0.25, 0.3) is 0 Å². The molecule has 0 aliphatic carbocycles. The zero-order valence-electron chi connectivity index (χ0n) is 9.38. The topological polar surface area (TPSA) is 40.5 Å². The van der Waals surface area contributed by atoms with E-state index in [4.69, 9.17) is 11.6 Å². The minimum atomic E-state index is -0.949. The van der Waals surface area contributed by atoms with Crippen LogP contribution in [0.1, 0.15) is 23.3 Å². The average Bonchev–Trinajstić information content (AvgIpc) is 2.48. The molecule has 92 valence electrons. The van der Waals surface area contributed by atoms with E-state index in [9.17, 15) is 10.2 Å². The number of aliphatic hydroxyl groups excluding tert-OH is 2. The van der Waals surface area contributed by atoms with Crippen LogP contribution in [-0.2, 0) is 0 Å². The highest BCUT2D eigenvalue weighted by Crippen LogP contribution is 2.45. The van der Waals surface area contributed by atoms with Crippen molar-refractivity contribution in [2.75, 3.05) is 0 Å². The molecule has 3 rings (SSSR count). The lowest BCUT2D eigenvalue weighted by molar-refractivity contribution is 0.0148. The first-order valence-electron chi connectivity index (χ1n) is 5.59. The van der Waals surface area contributed by atoms with Crippen LogP contribution in [0.3, 0.4) is 0 Å². The summed E-state index contributed by atoms with van der Waals surface area (Å²) < 4.78 is 0. The van der Waals surface area contributed by atoms with Gasteiger partial charge in [-0.25, -0.2) is 0 Å². The predicted octanol–water partition coefficient (Wildman–Crippen LogP) is 3.57. The molecule has 2 atom stereocenters. The van der Waals surface area contributed by atoms with E-state index in [1.165, 1.54) is 0 Å². The van der Waals surface area contributed by atoms with Crippen molar-refractivity contribution in [2.45, 2.75) is 22.0 Å². The Kier molecular flexibility index (Phi) is 3.08. The summed E-state index contributed by atoms with van der Waals surface area (Å²) in [5.41, 5.74) is 1.43. The molecule has 2 N–H and O–H groups in total. The van der Waals surface area contributed by atoms with E-state index in [1.807, 2.05) is 30.3 Å². The number of rotatable bonds is 0. The summed E-state index contributed by atoms with van der Waals surface area (Å²) in [7, 11) is 0. The summed E-state index contributed by atoms with van der Waals surface area (Å²) in [6, 6.07) is 12.9. The van der Waals surface area contributed by atoms with Gasteiger partial charge in [-0.2, -0.15) is 0 Å². The molecule has 4 heteroatoms. The van der Waals surface area contributed by atoms with E-state index in [0.717, 1.165) is 15.4 Å². The Balaban J connectivity index is 2.20. The lowest BCUT2D eigenvalue weighted by atomic mass is 9.98. The molecule has 18 heavy (non-hydrogen) atoms. The van der Waals surface area contributed by atoms with Crippen LogP contribution in [0, 0.1) is 0 Å². The van der Waals surface area contributed by atoms with Gasteiger partial charge in [-0.1, -0.05) is 41.6 Å². The first-order chi connectivity index (χ1) is 8.66. The number of hydrogen-bond donors (Lipinski definition) is 2. The molecule has 0 amide bonds. The van der Waals surface area contributed by atoms with Gasteiger partial charge in [-0.05, 0) is 35.4 Å². The highest BCUT2D eigenvalue weighted by Gasteiger charge is 2.28. The van der Waals surface area contributed by atoms with Crippen LogP contribution in [-0.4, -0.2) is 10.2 Å². The van der Waals surface area contributed by atoms with Crippen LogP contribution in [0.5, 0.6) is 0 Å². The molecular weight excluding hydrogens is 268 g/mol. The molecule has 0 saturated carbocycles. The third kappa shape index (κ3) is 1.93. The third-order valence-electron chi connectivity index (χ3n) is 3.05. The zero-order chi connectivity index (χ0) is 12.7. The van der Waals surface area contributed by atoms with Crippen LogP contribution in [0.4, 0.5) is 0 Å².